The van der Waals surface area contributed by atoms with Crippen LogP contribution in [0.15, 0.2) is 46.9 Å². The maximum atomic E-state index is 15.0. The summed E-state index contributed by atoms with van der Waals surface area (Å²) in [4.78, 5) is 32.4. The van der Waals surface area contributed by atoms with E-state index in [1.807, 2.05) is 4.90 Å². The Balaban J connectivity index is 1.10. The van der Waals surface area contributed by atoms with Gasteiger partial charge in [-0.3, -0.25) is 9.59 Å². The van der Waals surface area contributed by atoms with E-state index in [1.54, 1.807) is 42.0 Å². The average Bonchev–Trinajstić information content (AvgIpc) is 3.08. The monoisotopic (exact) mass is 732 g/mol. The van der Waals surface area contributed by atoms with Gasteiger partial charge in [-0.25, -0.2) is 8.42 Å². The van der Waals surface area contributed by atoms with Crippen molar-refractivity contribution in [2.45, 2.75) is 124 Å². The van der Waals surface area contributed by atoms with Crippen LogP contribution >= 0.6 is 0 Å². The Morgan fingerprint density at radius 2 is 1.44 bits per heavy atom. The number of benzene rings is 1. The molecule has 286 valence electrons. The summed E-state index contributed by atoms with van der Waals surface area (Å²) in [6.07, 6.45) is 17.4. The number of allylic oxidation sites excluding steroid dienone is 2. The molecule has 1 aliphatic heterocycles. The van der Waals surface area contributed by atoms with Gasteiger partial charge in [0.05, 0.1) is 16.4 Å². The molecule has 2 amide bonds. The van der Waals surface area contributed by atoms with Gasteiger partial charge in [0, 0.05) is 38.5 Å². The Kier molecular flexibility index (Phi) is 9.13. The van der Waals surface area contributed by atoms with Crippen molar-refractivity contribution in [1.29, 1.82) is 0 Å². The van der Waals surface area contributed by atoms with Crippen molar-refractivity contribution in [2.24, 2.45) is 50.2 Å². The first-order chi connectivity index (χ1) is 24.2. The van der Waals surface area contributed by atoms with Crippen molar-refractivity contribution in [1.82, 2.24) is 9.80 Å². The normalized spacial score (nSPS) is 39.8. The molecule has 0 unspecified atom stereocenters. The fourth-order valence-electron chi connectivity index (χ4n) is 13.2. The summed E-state index contributed by atoms with van der Waals surface area (Å²) in [7, 11) is -3.27. The van der Waals surface area contributed by atoms with Gasteiger partial charge in [0.15, 0.2) is 9.84 Å². The fraction of sp³-hybridized carbons (Fsp3) is 0.727. The highest BCUT2D eigenvalue weighted by molar-refractivity contribution is 7.90. The molecule has 1 aromatic rings. The zero-order chi connectivity index (χ0) is 37.7. The van der Waals surface area contributed by atoms with E-state index in [0.29, 0.717) is 43.9 Å². The van der Waals surface area contributed by atoms with E-state index in [4.69, 9.17) is 0 Å². The Hall–Kier alpha value is -2.45. The van der Waals surface area contributed by atoms with Crippen molar-refractivity contribution >= 4 is 27.7 Å². The molecular weight excluding hydrogens is 669 g/mol. The lowest BCUT2D eigenvalue weighted by Crippen LogP contribution is -2.66. The molecule has 6 aliphatic rings. The SMILES string of the molecule is CC1(C)CC[C@]2(C(=O)N3CCN(C(=O)/C=C/c4ccc(S(C)(=O)=O)cc4)CC3)CC[C@]3(C)C(=CC[C@@H]4[C@@]5(C)CC[C@H](O)C(C)(C)[C@@H]5CC[C@]43C)[C@@H]2C1. The van der Waals surface area contributed by atoms with Gasteiger partial charge in [0.1, 0.15) is 0 Å². The molecule has 0 aromatic heterocycles. The van der Waals surface area contributed by atoms with E-state index in [2.05, 4.69) is 59.4 Å². The second-order valence-corrected chi connectivity index (χ2v) is 22.1. The largest absolute Gasteiger partial charge is 0.393 e. The predicted octanol–water partition coefficient (Wildman–Crippen LogP) is 7.94. The van der Waals surface area contributed by atoms with Crippen molar-refractivity contribution in [3.8, 4) is 0 Å². The number of aliphatic hydroxyl groups excluding tert-OH is 1. The highest BCUT2D eigenvalue weighted by atomic mass is 32.2. The van der Waals surface area contributed by atoms with Crippen molar-refractivity contribution in [3.05, 3.63) is 47.6 Å². The van der Waals surface area contributed by atoms with Crippen LogP contribution in [0.4, 0.5) is 0 Å². The van der Waals surface area contributed by atoms with Gasteiger partial charge in [-0.15, -0.1) is 0 Å². The van der Waals surface area contributed by atoms with E-state index in [0.717, 1.165) is 56.9 Å². The number of carbonyl (C=O) groups is 2. The fourth-order valence-corrected chi connectivity index (χ4v) is 13.8. The lowest BCUT2D eigenvalue weighted by Gasteiger charge is -2.71. The Labute approximate surface area is 313 Å². The summed E-state index contributed by atoms with van der Waals surface area (Å²) in [6, 6.07) is 6.55. The summed E-state index contributed by atoms with van der Waals surface area (Å²) in [5.74, 6) is 1.57. The van der Waals surface area contributed by atoms with Gasteiger partial charge in [-0.05, 0) is 133 Å². The van der Waals surface area contributed by atoms with Crippen molar-refractivity contribution in [3.63, 3.8) is 0 Å². The van der Waals surface area contributed by atoms with Crippen LogP contribution in [0.5, 0.6) is 0 Å². The van der Waals surface area contributed by atoms with E-state index < -0.39 is 9.84 Å². The number of aliphatic hydroxyl groups is 1. The molecule has 8 atom stereocenters. The van der Waals surface area contributed by atoms with E-state index in [1.165, 1.54) is 19.1 Å². The highest BCUT2D eigenvalue weighted by Crippen LogP contribution is 2.75. The molecular formula is C44H64N2O5S. The van der Waals surface area contributed by atoms with E-state index in [-0.39, 0.29) is 55.3 Å². The number of hydrogen-bond donors (Lipinski definition) is 1. The lowest BCUT2D eigenvalue weighted by molar-refractivity contribution is -0.204. The molecule has 1 saturated heterocycles. The lowest BCUT2D eigenvalue weighted by atomic mass is 9.33. The van der Waals surface area contributed by atoms with Crippen LogP contribution in [-0.4, -0.2) is 73.7 Å². The van der Waals surface area contributed by atoms with Crippen LogP contribution in [0.1, 0.15) is 118 Å². The Morgan fingerprint density at radius 1 is 0.808 bits per heavy atom. The summed E-state index contributed by atoms with van der Waals surface area (Å²) in [5.41, 5.74) is 2.49. The minimum atomic E-state index is -3.27. The second-order valence-electron chi connectivity index (χ2n) is 20.0. The van der Waals surface area contributed by atoms with Gasteiger partial charge in [0.2, 0.25) is 11.8 Å². The minimum absolute atomic E-state index is 0.0501. The molecule has 0 spiro atoms. The number of fused-ring (bicyclic) bond motifs is 7. The standard InChI is InChI=1S/C44H64N2O5S/c1-39(2)21-23-44(38(49)46-27-25-45(26-28-46)37(48)16-11-30-9-12-31(13-10-30)52(8,50)51)24-22-42(6)32(33(44)29-39)14-15-35-41(5)19-18-36(47)40(3,4)34(41)17-20-43(35,42)7/h9-14,16,33-36,47H,15,17-29H2,1-8H3/b16-11+/t33-,34-,35+,36-,41-,42+,43+,44-/m0/s1. The predicted molar refractivity (Wildman–Crippen MR) is 207 cm³/mol. The first-order valence-electron chi connectivity index (χ1n) is 20.1. The number of nitrogens with zero attached hydrogens (tertiary/aromatic N) is 2. The third kappa shape index (κ3) is 5.78. The molecule has 7 rings (SSSR count). The number of rotatable bonds is 4. The second kappa shape index (κ2) is 12.5. The van der Waals surface area contributed by atoms with Gasteiger partial charge in [0.25, 0.3) is 0 Å². The van der Waals surface area contributed by atoms with Crippen LogP contribution in [0, 0.1) is 50.2 Å². The summed E-state index contributed by atoms with van der Waals surface area (Å²) in [5, 5.41) is 11.1. The maximum absolute atomic E-state index is 15.0. The van der Waals surface area contributed by atoms with Gasteiger partial charge in [-0.1, -0.05) is 72.2 Å². The van der Waals surface area contributed by atoms with Gasteiger partial charge in [-0.2, -0.15) is 0 Å². The Bertz CT molecular complexity index is 1770. The molecule has 1 aromatic carbocycles. The zero-order valence-corrected chi connectivity index (χ0v) is 33.9. The smallest absolute Gasteiger partial charge is 0.246 e. The first-order valence-corrected chi connectivity index (χ1v) is 22.0. The molecule has 1 heterocycles. The summed E-state index contributed by atoms with van der Waals surface area (Å²) in [6.45, 7) is 19.3. The van der Waals surface area contributed by atoms with E-state index in [9.17, 15) is 18.3 Å². The molecule has 0 radical (unpaired) electrons. The number of hydrogen-bond acceptors (Lipinski definition) is 5. The van der Waals surface area contributed by atoms with Crippen LogP contribution in [0.25, 0.3) is 6.08 Å². The number of piperazine rings is 1. The topological polar surface area (TPSA) is 95.0 Å². The highest BCUT2D eigenvalue weighted by Gasteiger charge is 2.69. The third-order valence-corrected chi connectivity index (χ3v) is 17.8. The molecule has 7 nitrogen and oxygen atoms in total. The van der Waals surface area contributed by atoms with E-state index >= 15 is 4.79 Å². The molecule has 1 N–H and O–H groups in total. The van der Waals surface area contributed by atoms with Gasteiger partial charge >= 0.3 is 0 Å². The summed E-state index contributed by atoms with van der Waals surface area (Å²) >= 11 is 0. The molecule has 8 heteroatoms. The number of amides is 2. The first kappa shape index (κ1) is 37.8. The number of carbonyl (C=O) groups excluding carboxylic acids is 2. The Morgan fingerprint density at radius 3 is 2.10 bits per heavy atom. The van der Waals surface area contributed by atoms with Crippen molar-refractivity contribution in [2.75, 3.05) is 32.4 Å². The zero-order valence-electron chi connectivity index (χ0n) is 33.1. The van der Waals surface area contributed by atoms with Crippen molar-refractivity contribution < 1.29 is 23.1 Å². The maximum Gasteiger partial charge on any atom is 0.246 e. The molecule has 5 fully saturated rings. The molecule has 4 saturated carbocycles. The summed E-state index contributed by atoms with van der Waals surface area (Å²) < 4.78 is 23.6. The quantitative estimate of drug-likeness (QED) is 0.251. The average molecular weight is 733 g/mol. The third-order valence-electron chi connectivity index (χ3n) is 16.6. The molecule has 0 bridgehead atoms. The molecule has 52 heavy (non-hydrogen) atoms. The minimum Gasteiger partial charge on any atom is -0.393 e. The van der Waals surface area contributed by atoms with Crippen LogP contribution in [0.3, 0.4) is 0 Å². The number of sulfone groups is 1. The van der Waals surface area contributed by atoms with Gasteiger partial charge < -0.3 is 14.9 Å². The van der Waals surface area contributed by atoms with Crippen LogP contribution in [-0.2, 0) is 19.4 Å². The molecule has 5 aliphatic carbocycles. The van der Waals surface area contributed by atoms with Crippen LogP contribution in [0.2, 0.25) is 0 Å². The van der Waals surface area contributed by atoms with Crippen LogP contribution < -0.4 is 0 Å².